The molecule has 1 aromatic carbocycles. The van der Waals surface area contributed by atoms with Crippen molar-refractivity contribution in [2.75, 3.05) is 12.4 Å². The molecular formula is C11H10BrN3O2. The smallest absolute Gasteiger partial charge is 0.261 e. The number of amides is 1. The van der Waals surface area contributed by atoms with Gasteiger partial charge in [0.2, 0.25) is 5.95 Å². The molecule has 2 N–H and O–H groups in total. The van der Waals surface area contributed by atoms with E-state index >= 15 is 0 Å². The summed E-state index contributed by atoms with van der Waals surface area (Å²) >= 11 is 3.32. The van der Waals surface area contributed by atoms with E-state index in [1.807, 2.05) is 0 Å². The van der Waals surface area contributed by atoms with Gasteiger partial charge in [-0.25, -0.2) is 4.98 Å². The van der Waals surface area contributed by atoms with Crippen molar-refractivity contribution in [3.63, 3.8) is 0 Å². The minimum atomic E-state index is -0.274. The molecule has 2 aromatic rings. The number of halogens is 1. The van der Waals surface area contributed by atoms with Crippen LogP contribution in [0.15, 0.2) is 35.1 Å². The van der Waals surface area contributed by atoms with E-state index in [4.69, 9.17) is 4.74 Å². The number of rotatable bonds is 3. The van der Waals surface area contributed by atoms with Gasteiger partial charge in [-0.15, -0.1) is 0 Å². The maximum atomic E-state index is 11.9. The number of carbonyl (C=O) groups is 1. The highest BCUT2D eigenvalue weighted by Gasteiger charge is 2.13. The predicted molar refractivity (Wildman–Crippen MR) is 67.2 cm³/mol. The number of methoxy groups -OCH3 is 1. The lowest BCUT2D eigenvalue weighted by molar-refractivity contribution is 0.102. The number of aromatic nitrogens is 2. The van der Waals surface area contributed by atoms with Crippen molar-refractivity contribution in [3.05, 3.63) is 40.6 Å². The Morgan fingerprint density at radius 3 is 3.00 bits per heavy atom. The summed E-state index contributed by atoms with van der Waals surface area (Å²) in [5, 5.41) is 2.63. The van der Waals surface area contributed by atoms with Gasteiger partial charge in [0.15, 0.2) is 0 Å². The van der Waals surface area contributed by atoms with Crippen LogP contribution >= 0.6 is 15.9 Å². The number of imidazole rings is 1. The molecule has 0 unspecified atom stereocenters. The number of ether oxygens (including phenoxy) is 1. The Balaban J connectivity index is 2.24. The van der Waals surface area contributed by atoms with Crippen LogP contribution in [0, 0.1) is 0 Å². The van der Waals surface area contributed by atoms with Crippen LogP contribution < -0.4 is 10.1 Å². The Bertz CT molecular complexity index is 526. The number of hydrogen-bond donors (Lipinski definition) is 2. The van der Waals surface area contributed by atoms with Crippen molar-refractivity contribution in [2.45, 2.75) is 0 Å². The van der Waals surface area contributed by atoms with Crippen LogP contribution in [0.25, 0.3) is 0 Å². The lowest BCUT2D eigenvalue weighted by Crippen LogP contribution is -2.14. The lowest BCUT2D eigenvalue weighted by Gasteiger charge is -2.08. The summed E-state index contributed by atoms with van der Waals surface area (Å²) in [4.78, 5) is 18.6. The van der Waals surface area contributed by atoms with E-state index in [0.717, 1.165) is 4.47 Å². The Labute approximate surface area is 106 Å². The molecule has 5 nitrogen and oxygen atoms in total. The quantitative estimate of drug-likeness (QED) is 0.914. The van der Waals surface area contributed by atoms with Crippen LogP contribution in [0.1, 0.15) is 10.4 Å². The number of nitrogens with zero attached hydrogens (tertiary/aromatic N) is 1. The van der Waals surface area contributed by atoms with E-state index in [0.29, 0.717) is 17.3 Å². The SMILES string of the molecule is COc1cc(Br)ccc1C(=O)Nc1ncc[nH]1. The molecule has 88 valence electrons. The van der Waals surface area contributed by atoms with Crippen molar-refractivity contribution in [1.82, 2.24) is 9.97 Å². The number of carbonyl (C=O) groups excluding carboxylic acids is 1. The molecule has 0 fully saturated rings. The van der Waals surface area contributed by atoms with Gasteiger partial charge in [0.1, 0.15) is 5.75 Å². The minimum absolute atomic E-state index is 0.274. The van der Waals surface area contributed by atoms with Gasteiger partial charge in [-0.3, -0.25) is 10.1 Å². The molecule has 1 aromatic heterocycles. The third-order valence-corrected chi connectivity index (χ3v) is 2.63. The molecule has 0 aliphatic rings. The number of H-pyrrole nitrogens is 1. The number of anilines is 1. The molecule has 0 saturated heterocycles. The van der Waals surface area contributed by atoms with Crippen molar-refractivity contribution >= 4 is 27.8 Å². The normalized spacial score (nSPS) is 10.0. The number of aromatic amines is 1. The van der Waals surface area contributed by atoms with Crippen molar-refractivity contribution in [2.24, 2.45) is 0 Å². The van der Waals surface area contributed by atoms with Gasteiger partial charge in [-0.05, 0) is 18.2 Å². The molecular weight excluding hydrogens is 286 g/mol. The molecule has 1 heterocycles. The highest BCUT2D eigenvalue weighted by molar-refractivity contribution is 9.10. The summed E-state index contributed by atoms with van der Waals surface area (Å²) in [6.45, 7) is 0. The van der Waals surface area contributed by atoms with Gasteiger partial charge in [-0.2, -0.15) is 0 Å². The molecule has 1 amide bonds. The highest BCUT2D eigenvalue weighted by Crippen LogP contribution is 2.23. The zero-order chi connectivity index (χ0) is 12.3. The second-order valence-corrected chi connectivity index (χ2v) is 4.15. The third-order valence-electron chi connectivity index (χ3n) is 2.14. The van der Waals surface area contributed by atoms with Crippen molar-refractivity contribution in [3.8, 4) is 5.75 Å². The van der Waals surface area contributed by atoms with E-state index < -0.39 is 0 Å². The molecule has 17 heavy (non-hydrogen) atoms. The molecule has 0 saturated carbocycles. The molecule has 0 radical (unpaired) electrons. The van der Waals surface area contributed by atoms with E-state index in [1.165, 1.54) is 7.11 Å². The average Bonchev–Trinajstić information content (AvgIpc) is 2.81. The summed E-state index contributed by atoms with van der Waals surface area (Å²) in [7, 11) is 1.52. The molecule has 0 aliphatic heterocycles. The maximum Gasteiger partial charge on any atom is 0.261 e. The van der Waals surface area contributed by atoms with Gasteiger partial charge < -0.3 is 9.72 Å². The third kappa shape index (κ3) is 2.65. The Morgan fingerprint density at radius 1 is 1.53 bits per heavy atom. The van der Waals surface area contributed by atoms with Gasteiger partial charge in [0, 0.05) is 16.9 Å². The van der Waals surface area contributed by atoms with E-state index in [-0.39, 0.29) is 5.91 Å². The second-order valence-electron chi connectivity index (χ2n) is 3.24. The van der Waals surface area contributed by atoms with Crippen molar-refractivity contribution < 1.29 is 9.53 Å². The maximum absolute atomic E-state index is 11.9. The summed E-state index contributed by atoms with van der Waals surface area (Å²) in [6.07, 6.45) is 3.20. The Kier molecular flexibility index (Phi) is 3.43. The molecule has 6 heteroatoms. The molecule has 0 aliphatic carbocycles. The van der Waals surface area contributed by atoms with Crippen LogP contribution in [-0.2, 0) is 0 Å². The molecule has 0 spiro atoms. The highest BCUT2D eigenvalue weighted by atomic mass is 79.9. The first kappa shape index (κ1) is 11.7. The minimum Gasteiger partial charge on any atom is -0.496 e. The van der Waals surface area contributed by atoms with E-state index in [2.05, 4.69) is 31.2 Å². The predicted octanol–water partition coefficient (Wildman–Crippen LogP) is 2.43. The second kappa shape index (κ2) is 5.01. The zero-order valence-electron chi connectivity index (χ0n) is 9.03. The van der Waals surface area contributed by atoms with Gasteiger partial charge in [-0.1, -0.05) is 15.9 Å². The molecule has 0 atom stereocenters. The summed E-state index contributed by atoms with van der Waals surface area (Å²) in [5.74, 6) is 0.632. The Hall–Kier alpha value is -1.82. The monoisotopic (exact) mass is 295 g/mol. The van der Waals surface area contributed by atoms with Crippen molar-refractivity contribution in [1.29, 1.82) is 0 Å². The first-order valence-corrected chi connectivity index (χ1v) is 5.64. The largest absolute Gasteiger partial charge is 0.496 e. The molecule has 0 bridgehead atoms. The summed E-state index contributed by atoms with van der Waals surface area (Å²) in [5.41, 5.74) is 0.451. The van der Waals surface area contributed by atoms with Crippen LogP contribution in [0.2, 0.25) is 0 Å². The number of hydrogen-bond acceptors (Lipinski definition) is 3. The fourth-order valence-electron chi connectivity index (χ4n) is 1.36. The van der Waals surface area contributed by atoms with Crippen LogP contribution in [0.3, 0.4) is 0 Å². The van der Waals surface area contributed by atoms with Gasteiger partial charge >= 0.3 is 0 Å². The van der Waals surface area contributed by atoms with Crippen LogP contribution in [0.4, 0.5) is 5.95 Å². The lowest BCUT2D eigenvalue weighted by atomic mass is 10.2. The number of benzene rings is 1. The first-order valence-electron chi connectivity index (χ1n) is 4.85. The fourth-order valence-corrected chi connectivity index (χ4v) is 1.70. The summed E-state index contributed by atoms with van der Waals surface area (Å²) in [6, 6.07) is 5.19. The van der Waals surface area contributed by atoms with E-state index in [1.54, 1.807) is 30.6 Å². The molecule has 2 rings (SSSR count). The topological polar surface area (TPSA) is 67.0 Å². The van der Waals surface area contributed by atoms with Crippen LogP contribution in [0.5, 0.6) is 5.75 Å². The van der Waals surface area contributed by atoms with Crippen LogP contribution in [-0.4, -0.2) is 23.0 Å². The van der Waals surface area contributed by atoms with Gasteiger partial charge in [0.05, 0.1) is 12.7 Å². The first-order chi connectivity index (χ1) is 8.20. The van der Waals surface area contributed by atoms with Gasteiger partial charge in [0.25, 0.3) is 5.91 Å². The van der Waals surface area contributed by atoms with E-state index in [9.17, 15) is 4.79 Å². The fraction of sp³-hybridized carbons (Fsp3) is 0.0909. The average molecular weight is 296 g/mol. The Morgan fingerprint density at radius 2 is 2.35 bits per heavy atom. The standard InChI is InChI=1S/C11H10BrN3O2/c1-17-9-6-7(12)2-3-8(9)10(16)15-11-13-4-5-14-11/h2-6H,1H3,(H2,13,14,15,16). The summed E-state index contributed by atoms with van der Waals surface area (Å²) < 4.78 is 6.00. The number of nitrogens with one attached hydrogen (secondary N) is 2. The zero-order valence-corrected chi connectivity index (χ0v) is 10.6.